The molecule has 6 aliphatic rings. The first kappa shape index (κ1) is 79.5. The molecule has 5 heterocycles. The van der Waals surface area contributed by atoms with Gasteiger partial charge >= 0.3 is 41.8 Å². The van der Waals surface area contributed by atoms with Crippen molar-refractivity contribution in [1.82, 2.24) is 0 Å². The monoisotopic (exact) mass is 1510 g/mol. The van der Waals surface area contributed by atoms with Gasteiger partial charge in [0, 0.05) is 29.8 Å². The van der Waals surface area contributed by atoms with Crippen LogP contribution in [0.25, 0.3) is 34.8 Å². The third-order valence-corrected chi connectivity index (χ3v) is 16.3. The number of carbonyl (C=O) groups is 7. The molecule has 0 amide bonds. The molecule has 22 atom stereocenters. The van der Waals surface area contributed by atoms with E-state index in [1.807, 2.05) is 0 Å². The van der Waals surface area contributed by atoms with E-state index in [1.165, 1.54) is 18.2 Å². The maximum atomic E-state index is 14.4. The number of aliphatic hydroxyl groups is 12. The molecule has 3 aromatic carbocycles. The predicted molar refractivity (Wildman–Crippen MR) is 332 cm³/mol. The lowest BCUT2D eigenvalue weighted by Crippen LogP contribution is -2.65. The fourth-order valence-electron chi connectivity index (χ4n) is 10.7. The van der Waals surface area contributed by atoms with E-state index in [0.29, 0.717) is 24.3 Å². The number of aliphatic carboxylic acids is 3. The van der Waals surface area contributed by atoms with Crippen LogP contribution in [0.2, 0.25) is 0 Å². The summed E-state index contributed by atoms with van der Waals surface area (Å²) < 4.78 is 72.6. The van der Waals surface area contributed by atoms with Gasteiger partial charge in [0.1, 0.15) is 110 Å². The van der Waals surface area contributed by atoms with Gasteiger partial charge in [0.2, 0.25) is 30.7 Å². The first-order valence-corrected chi connectivity index (χ1v) is 30.9. The highest BCUT2D eigenvalue weighted by atomic mass is 16.8. The highest BCUT2D eigenvalue weighted by Gasteiger charge is 2.55. The number of carboxylic acid groups (broad SMARTS) is 3. The summed E-state index contributed by atoms with van der Waals surface area (Å²) >= 11 is 0. The number of carbonyl (C=O) groups excluding carboxylic acids is 4. The third-order valence-electron chi connectivity index (χ3n) is 16.3. The van der Waals surface area contributed by atoms with Crippen LogP contribution < -0.4 is 19.6 Å². The number of hydrogen-bond donors (Lipinski definition) is 21. The summed E-state index contributed by atoms with van der Waals surface area (Å²) in [5.41, 5.74) is -2.10. The number of ether oxygens (including phenoxy) is 12. The molecule has 42 heteroatoms. The van der Waals surface area contributed by atoms with Gasteiger partial charge in [-0.1, -0.05) is 12.1 Å². The van der Waals surface area contributed by atoms with Crippen molar-refractivity contribution < 1.29 is 202 Å². The Kier molecular flexibility index (Phi) is 25.2. The predicted octanol–water partition coefficient (Wildman–Crippen LogP) is -5.99. The van der Waals surface area contributed by atoms with Gasteiger partial charge in [-0.15, -0.1) is 0 Å². The van der Waals surface area contributed by atoms with Crippen molar-refractivity contribution in [2.75, 3.05) is 19.8 Å². The molecule has 3 aromatic rings. The normalized spacial score (nSPS) is 29.5. The summed E-state index contributed by atoms with van der Waals surface area (Å²) in [7, 11) is 0. The summed E-state index contributed by atoms with van der Waals surface area (Å²) in [6, 6.07) is 10.6. The average molecular weight is 1510 g/mol. The highest BCUT2D eigenvalue weighted by Crippen LogP contribution is 2.47. The zero-order chi connectivity index (χ0) is 77.6. The van der Waals surface area contributed by atoms with Crippen molar-refractivity contribution in [3.63, 3.8) is 0 Å². The van der Waals surface area contributed by atoms with Gasteiger partial charge in [-0.2, -0.15) is 0 Å². The molecule has 0 saturated carbocycles. The number of phenols is 6. The molecule has 42 nitrogen and oxygen atoms in total. The van der Waals surface area contributed by atoms with E-state index < -0.39 is 283 Å². The lowest BCUT2D eigenvalue weighted by atomic mass is 9.97. The fraction of sp³-hybridized carbons (Fsp3) is 0.406. The Morgan fingerprint density at radius 1 is 0.500 bits per heavy atom. The lowest BCUT2D eigenvalue weighted by Gasteiger charge is -2.46. The van der Waals surface area contributed by atoms with Crippen LogP contribution in [-0.2, 0) is 76.2 Å². The van der Waals surface area contributed by atoms with Crippen molar-refractivity contribution in [1.29, 1.82) is 0 Å². The Labute approximate surface area is 590 Å². The summed E-state index contributed by atoms with van der Waals surface area (Å²) in [4.78, 5) is 101. The Morgan fingerprint density at radius 2 is 1.05 bits per heavy atom. The minimum Gasteiger partial charge on any atom is -0.504 e. The Bertz CT molecular complexity index is 4130. The number of aromatic hydroxyl groups is 6. The molecule has 0 bridgehead atoms. The van der Waals surface area contributed by atoms with Crippen LogP contribution in [0.15, 0.2) is 88.1 Å². The zero-order valence-corrected chi connectivity index (χ0v) is 53.7. The molecule has 0 spiro atoms. The number of rotatable bonds is 26. The van der Waals surface area contributed by atoms with E-state index in [9.17, 15) is 140 Å². The summed E-state index contributed by atoms with van der Waals surface area (Å²) in [6.45, 7) is -3.29. The maximum Gasteiger partial charge on any atom is 0.348 e. The van der Waals surface area contributed by atoms with Gasteiger partial charge in [-0.3, -0.25) is 14.4 Å². The number of aliphatic hydroxyl groups excluding tert-OH is 12. The molecule has 574 valence electrons. The van der Waals surface area contributed by atoms with Gasteiger partial charge < -0.3 is 168 Å². The van der Waals surface area contributed by atoms with Crippen LogP contribution in [0, 0.1) is 0 Å². The number of esters is 4. The van der Waals surface area contributed by atoms with Gasteiger partial charge in [0.15, 0.2) is 82.1 Å². The summed E-state index contributed by atoms with van der Waals surface area (Å²) in [6.07, 6.45) is -48.2. The smallest absolute Gasteiger partial charge is 0.348 e. The second-order valence-corrected chi connectivity index (χ2v) is 23.6. The Morgan fingerprint density at radius 3 is 1.64 bits per heavy atom. The van der Waals surface area contributed by atoms with E-state index >= 15 is 0 Å². The van der Waals surface area contributed by atoms with Gasteiger partial charge in [0.25, 0.3) is 0 Å². The van der Waals surface area contributed by atoms with E-state index in [4.69, 9.17) is 61.6 Å². The molecule has 9 rings (SSSR count). The van der Waals surface area contributed by atoms with Crippen molar-refractivity contribution in [3.8, 4) is 74.4 Å². The third kappa shape index (κ3) is 18.2. The number of benzene rings is 4. The van der Waals surface area contributed by atoms with E-state index in [-0.39, 0.29) is 11.1 Å². The van der Waals surface area contributed by atoms with E-state index in [1.54, 1.807) is 0 Å². The van der Waals surface area contributed by atoms with E-state index in [2.05, 4.69) is 4.74 Å². The topological polar surface area (TPSA) is 685 Å². The van der Waals surface area contributed by atoms with Crippen LogP contribution in [-0.4, -0.2) is 304 Å². The Balaban J connectivity index is 1.11. The largest absolute Gasteiger partial charge is 0.504 e. The molecule has 1 aliphatic carbocycles. The first-order valence-electron chi connectivity index (χ1n) is 30.9. The molecule has 4 fully saturated rings. The molecule has 4 saturated heterocycles. The van der Waals surface area contributed by atoms with Crippen molar-refractivity contribution in [2.45, 2.75) is 141 Å². The number of fused-ring (bicyclic) bond motifs is 1. The van der Waals surface area contributed by atoms with Crippen LogP contribution in [0.5, 0.6) is 51.7 Å². The number of phenolic OH excluding ortho intramolecular Hbond substituents is 6. The quantitative estimate of drug-likeness (QED) is 0.00806. The molecule has 0 aromatic heterocycles. The average Bonchev–Trinajstić information content (AvgIpc) is 0.761. The fourth-order valence-corrected chi connectivity index (χ4v) is 10.7. The molecule has 5 aliphatic heterocycles. The van der Waals surface area contributed by atoms with Gasteiger partial charge in [-0.25, -0.2) is 24.0 Å². The molecular formula is C64H66O42. The number of hydrogen-bond acceptors (Lipinski definition) is 39. The minimum atomic E-state index is -2.85. The van der Waals surface area contributed by atoms with Crippen LogP contribution in [0.3, 0.4) is 0 Å². The lowest BCUT2D eigenvalue weighted by molar-refractivity contribution is -0.358. The molecule has 106 heavy (non-hydrogen) atoms. The summed E-state index contributed by atoms with van der Waals surface area (Å²) in [5, 5.41) is 221. The maximum absolute atomic E-state index is 14.4. The molecule has 0 radical (unpaired) electrons. The standard InChI is InChI=1S/C64H66O42/c65-17-34-42(77)47(82)56(103-38(73)8-4-21-2-6-26(67)29(70)10-21)64(100-34)106-57-48(83)44(79)36(19-95-39(74)16-40(75)104-55(60(92)93)52(87)58(88)89)102-63(57)99-33-15-24-27(68)13-23(96-61-50(85)45(80)43(78)35(101-61)18-94-37(72)7-3-20-1-5-25(66)28(69)9-20)14-31(24)97-53(33)22-11-30(71)41(76)32(12-22)98-62-51(86)46(81)49(84)54(105-62)59(90)91/h1-15,34-36,42-52,54-57,61-67,69-71,76-87H,16-19H2,(H,88,89)(H,90,91)(H,92,93)/t34-,35-,36-,42-,43-,44+,45+,46+,47+,48+,49+,50-,51-,52?,54+,55?,56-,57-,61-,62-,63-,64+/m1/s1. The van der Waals surface area contributed by atoms with Gasteiger partial charge in [-0.05, 0) is 65.7 Å². The van der Waals surface area contributed by atoms with Gasteiger partial charge in [0.05, 0.1) is 12.2 Å². The second kappa shape index (κ2) is 33.7. The van der Waals surface area contributed by atoms with Crippen LogP contribution >= 0.6 is 0 Å². The number of carboxylic acids is 3. The molecule has 21 N–H and O–H groups in total. The molecular weight excluding hydrogens is 1440 g/mol. The van der Waals surface area contributed by atoms with Crippen LogP contribution in [0.4, 0.5) is 0 Å². The summed E-state index contributed by atoms with van der Waals surface area (Å²) in [5.74, 6) is -20.8. The molecule has 2 unspecified atom stereocenters. The minimum absolute atomic E-state index is 0.0711. The first-order chi connectivity index (χ1) is 50.0. The van der Waals surface area contributed by atoms with Crippen molar-refractivity contribution in [3.05, 3.63) is 100 Å². The highest BCUT2D eigenvalue weighted by molar-refractivity contribution is 5.93. The van der Waals surface area contributed by atoms with Crippen LogP contribution in [0.1, 0.15) is 17.5 Å². The van der Waals surface area contributed by atoms with Crippen molar-refractivity contribution >= 4 is 53.9 Å². The Hall–Kier alpha value is -10.6. The van der Waals surface area contributed by atoms with Crippen molar-refractivity contribution in [2.24, 2.45) is 0 Å². The van der Waals surface area contributed by atoms with E-state index in [0.717, 1.165) is 48.6 Å². The zero-order valence-electron chi connectivity index (χ0n) is 53.7. The second-order valence-electron chi connectivity index (χ2n) is 23.6. The SMILES string of the molecule is O=C(C=Cc1ccc(O)c(O)c1)OC[C@H]1O[C@@H](Oc2cc3oc(-c4cc(O)c(O)c(O[C@@H]5O[C@H](C(=O)O)[C@@H](O)[C@H](O)[C@H]5O)c4)c(O[C@@H]4O[C@H](COC(=O)CC(=O)OC(C(=O)O)C(O)C(=O)O)[C@H](O)[C@H](O)[C@H]4O[C@@H]4O[C@H](CO)[C@@H](O)[C@H](O)[C@H]4OC(=O)C=Cc4ccc(O)c(O)c4)cc-3c(=O)c2)[C@H](O)[C@@H](O)[C@@H]1O.